The normalized spacial score (nSPS) is 12.4. The minimum Gasteiger partial charge on any atom is -0.463 e. The monoisotopic (exact) mass is 415 g/mol. The number of amides is 1. The Morgan fingerprint density at radius 2 is 0.966 bits per heavy atom. The van der Waals surface area contributed by atoms with Crippen LogP contribution in [0.15, 0.2) is 0 Å². The minimum absolute atomic E-state index is 0.194. The topological polar surface area (TPSA) is 99.2 Å². The highest BCUT2D eigenvalue weighted by Gasteiger charge is 2.32. The largest absolute Gasteiger partial charge is 0.463 e. The van der Waals surface area contributed by atoms with E-state index in [9.17, 15) is 19.2 Å². The molecule has 0 rings (SSSR count). The van der Waals surface area contributed by atoms with Gasteiger partial charge in [-0.25, -0.2) is 0 Å². The van der Waals surface area contributed by atoms with E-state index < -0.39 is 46.1 Å². The fourth-order valence-corrected chi connectivity index (χ4v) is 1.80. The summed E-state index contributed by atoms with van der Waals surface area (Å²) >= 11 is 0. The van der Waals surface area contributed by atoms with Gasteiger partial charge in [0, 0.05) is 6.92 Å². The first-order valence-electron chi connectivity index (χ1n) is 9.66. The summed E-state index contributed by atoms with van der Waals surface area (Å²) in [6, 6.07) is -0.794. The van der Waals surface area contributed by atoms with E-state index in [2.05, 4.69) is 0 Å². The fourth-order valence-electron chi connectivity index (χ4n) is 1.80. The molecule has 0 N–H and O–H groups in total. The van der Waals surface area contributed by atoms with Crippen LogP contribution in [0.5, 0.6) is 0 Å². The predicted molar refractivity (Wildman–Crippen MR) is 108 cm³/mol. The van der Waals surface area contributed by atoms with Gasteiger partial charge in [0.05, 0.1) is 16.2 Å². The second-order valence-electron chi connectivity index (χ2n) is 10.2. The fraction of sp³-hybridized carbons (Fsp3) is 0.810. The van der Waals surface area contributed by atoms with Gasteiger partial charge >= 0.3 is 17.9 Å². The highest BCUT2D eigenvalue weighted by atomic mass is 16.6. The molecule has 1 amide bonds. The molecule has 8 heteroatoms. The van der Waals surface area contributed by atoms with Crippen LogP contribution < -0.4 is 0 Å². The van der Waals surface area contributed by atoms with Crippen molar-refractivity contribution in [1.82, 2.24) is 4.90 Å². The molecule has 0 spiro atoms. The quantitative estimate of drug-likeness (QED) is 0.358. The van der Waals surface area contributed by atoms with Gasteiger partial charge in [-0.2, -0.15) is 0 Å². The van der Waals surface area contributed by atoms with E-state index in [1.54, 1.807) is 62.3 Å². The van der Waals surface area contributed by atoms with Crippen molar-refractivity contribution >= 4 is 23.8 Å². The second kappa shape index (κ2) is 10.1. The van der Waals surface area contributed by atoms with Crippen LogP contribution in [-0.4, -0.2) is 54.7 Å². The first-order chi connectivity index (χ1) is 12.9. The lowest BCUT2D eigenvalue weighted by Crippen LogP contribution is -2.48. The Bertz CT molecular complexity index is 576. The zero-order valence-corrected chi connectivity index (χ0v) is 19.5. The molecule has 168 valence electrons. The van der Waals surface area contributed by atoms with E-state index >= 15 is 0 Å². The summed E-state index contributed by atoms with van der Waals surface area (Å²) in [6.45, 7) is 15.9. The Morgan fingerprint density at radius 3 is 1.24 bits per heavy atom. The maximum atomic E-state index is 12.2. The molecule has 0 saturated heterocycles. The van der Waals surface area contributed by atoms with E-state index in [1.165, 1.54) is 11.8 Å². The highest BCUT2D eigenvalue weighted by Crippen LogP contribution is 2.19. The molecule has 0 fully saturated rings. The lowest BCUT2D eigenvalue weighted by atomic mass is 9.97. The summed E-state index contributed by atoms with van der Waals surface area (Å²) in [4.78, 5) is 49.8. The molecule has 8 nitrogen and oxygen atoms in total. The Hall–Kier alpha value is -2.12. The zero-order valence-electron chi connectivity index (χ0n) is 19.5. The molecular formula is C21H37NO7. The van der Waals surface area contributed by atoms with E-state index in [0.717, 1.165) is 0 Å². The van der Waals surface area contributed by atoms with Crippen molar-refractivity contribution < 1.29 is 33.4 Å². The Kier molecular flexibility index (Phi) is 9.34. The van der Waals surface area contributed by atoms with E-state index in [0.29, 0.717) is 0 Å². The van der Waals surface area contributed by atoms with Crippen LogP contribution in [0, 0.1) is 16.2 Å². The molecule has 0 heterocycles. The summed E-state index contributed by atoms with van der Waals surface area (Å²) < 4.78 is 15.9. The summed E-state index contributed by atoms with van der Waals surface area (Å²) in [5.41, 5.74) is -2.20. The van der Waals surface area contributed by atoms with Crippen molar-refractivity contribution in [3.63, 3.8) is 0 Å². The van der Waals surface area contributed by atoms with Crippen LogP contribution in [-0.2, 0) is 33.4 Å². The van der Waals surface area contributed by atoms with E-state index in [4.69, 9.17) is 14.2 Å². The van der Waals surface area contributed by atoms with Gasteiger partial charge in [0.1, 0.15) is 19.3 Å². The number of ether oxygens (including phenoxy) is 3. The maximum absolute atomic E-state index is 12.2. The summed E-state index contributed by atoms with van der Waals surface area (Å²) in [5.74, 6) is -1.81. The van der Waals surface area contributed by atoms with Crippen molar-refractivity contribution in [1.29, 1.82) is 0 Å². The molecule has 0 aromatic carbocycles. The standard InChI is InChI=1S/C21H37NO7/c1-14(23)22(13-29-18(26)21(8,9)10)15(11-27-16(24)19(2,3)4)12-28-17(25)20(5,6)7/h15H,11-13H2,1-10H3. The third-order valence-electron chi connectivity index (χ3n) is 3.83. The summed E-state index contributed by atoms with van der Waals surface area (Å²) in [6.07, 6.45) is 0. The van der Waals surface area contributed by atoms with Gasteiger partial charge in [-0.3, -0.25) is 24.1 Å². The molecule has 0 bridgehead atoms. The zero-order chi connectivity index (χ0) is 23.2. The molecule has 0 aromatic heterocycles. The summed E-state index contributed by atoms with van der Waals surface area (Å²) in [7, 11) is 0. The van der Waals surface area contributed by atoms with Crippen LogP contribution >= 0.6 is 0 Å². The third-order valence-corrected chi connectivity index (χ3v) is 3.83. The SMILES string of the molecule is CC(=O)N(COC(=O)C(C)(C)C)C(COC(=O)C(C)(C)C)COC(=O)C(C)(C)C. The highest BCUT2D eigenvalue weighted by molar-refractivity contribution is 5.77. The van der Waals surface area contributed by atoms with Crippen molar-refractivity contribution in [3.05, 3.63) is 0 Å². The molecule has 0 atom stereocenters. The lowest BCUT2D eigenvalue weighted by molar-refractivity contribution is -0.171. The number of rotatable bonds is 7. The molecule has 29 heavy (non-hydrogen) atoms. The Morgan fingerprint density at radius 1 is 0.655 bits per heavy atom. The Labute approximate surface area is 174 Å². The van der Waals surface area contributed by atoms with Gasteiger partial charge in [-0.05, 0) is 62.3 Å². The minimum atomic E-state index is -0.794. The molecule has 0 unspecified atom stereocenters. The van der Waals surface area contributed by atoms with Gasteiger partial charge in [0.2, 0.25) is 5.91 Å². The van der Waals surface area contributed by atoms with Gasteiger partial charge in [-0.15, -0.1) is 0 Å². The molecule has 0 aliphatic heterocycles. The van der Waals surface area contributed by atoms with Gasteiger partial charge in [-0.1, -0.05) is 0 Å². The predicted octanol–water partition coefficient (Wildman–Crippen LogP) is 2.93. The molecule has 0 radical (unpaired) electrons. The van der Waals surface area contributed by atoms with Gasteiger partial charge < -0.3 is 14.2 Å². The van der Waals surface area contributed by atoms with Crippen LogP contribution in [0.1, 0.15) is 69.2 Å². The van der Waals surface area contributed by atoms with Crippen LogP contribution in [0.25, 0.3) is 0 Å². The molecular weight excluding hydrogens is 378 g/mol. The van der Waals surface area contributed by atoms with Crippen LogP contribution in [0.2, 0.25) is 0 Å². The number of carbonyl (C=O) groups excluding carboxylic acids is 4. The van der Waals surface area contributed by atoms with Crippen molar-refractivity contribution in [2.24, 2.45) is 16.2 Å². The number of hydrogen-bond donors (Lipinski definition) is 0. The Balaban J connectivity index is 5.40. The second-order valence-corrected chi connectivity index (χ2v) is 10.2. The van der Waals surface area contributed by atoms with Gasteiger partial charge in [0.15, 0.2) is 6.73 Å². The average Bonchev–Trinajstić information content (AvgIpc) is 2.52. The molecule has 0 aliphatic carbocycles. The van der Waals surface area contributed by atoms with Crippen molar-refractivity contribution in [2.75, 3.05) is 19.9 Å². The molecule has 0 saturated carbocycles. The number of esters is 3. The average molecular weight is 416 g/mol. The van der Waals surface area contributed by atoms with Crippen molar-refractivity contribution in [2.45, 2.75) is 75.3 Å². The lowest BCUT2D eigenvalue weighted by Gasteiger charge is -2.32. The van der Waals surface area contributed by atoms with Gasteiger partial charge in [0.25, 0.3) is 0 Å². The van der Waals surface area contributed by atoms with E-state index in [-0.39, 0.29) is 19.9 Å². The summed E-state index contributed by atoms with van der Waals surface area (Å²) in [5, 5.41) is 0. The number of hydrogen-bond acceptors (Lipinski definition) is 7. The third kappa shape index (κ3) is 9.76. The van der Waals surface area contributed by atoms with Crippen molar-refractivity contribution in [3.8, 4) is 0 Å². The number of nitrogens with zero attached hydrogens (tertiary/aromatic N) is 1. The molecule has 0 aromatic rings. The smallest absolute Gasteiger partial charge is 0.312 e. The molecule has 0 aliphatic rings. The van der Waals surface area contributed by atoms with E-state index in [1.807, 2.05) is 0 Å². The van der Waals surface area contributed by atoms with Crippen LogP contribution in [0.3, 0.4) is 0 Å². The number of carbonyl (C=O) groups is 4. The maximum Gasteiger partial charge on any atom is 0.312 e. The first-order valence-corrected chi connectivity index (χ1v) is 9.66. The first kappa shape index (κ1) is 26.9. The van der Waals surface area contributed by atoms with Crippen LogP contribution in [0.4, 0.5) is 0 Å².